The van der Waals surface area contributed by atoms with Crippen LogP contribution in [0.15, 0.2) is 18.2 Å². The summed E-state index contributed by atoms with van der Waals surface area (Å²) in [6.45, 7) is 1.86. The molecule has 0 spiro atoms. The topological polar surface area (TPSA) is 20.2 Å². The van der Waals surface area contributed by atoms with E-state index in [1.807, 2.05) is 6.92 Å². The minimum Gasteiger partial charge on any atom is -0.384 e. The zero-order valence-electron chi connectivity index (χ0n) is 8.34. The van der Waals surface area contributed by atoms with Crippen molar-refractivity contribution in [3.05, 3.63) is 35.4 Å². The third-order valence-corrected chi connectivity index (χ3v) is 4.25. The van der Waals surface area contributed by atoms with E-state index < -0.39 is 17.2 Å². The number of thioether (sulfide) groups is 1. The maximum atomic E-state index is 13.5. The predicted molar refractivity (Wildman–Crippen MR) is 56.8 cm³/mol. The highest BCUT2D eigenvalue weighted by molar-refractivity contribution is 8.00. The van der Waals surface area contributed by atoms with Crippen molar-refractivity contribution in [2.24, 2.45) is 0 Å². The molecule has 1 N–H and O–H groups in total. The molecule has 1 aliphatic rings. The van der Waals surface area contributed by atoms with E-state index in [-0.39, 0.29) is 10.8 Å². The van der Waals surface area contributed by atoms with Gasteiger partial charge in [-0.1, -0.05) is 13.0 Å². The quantitative estimate of drug-likeness (QED) is 0.800. The summed E-state index contributed by atoms with van der Waals surface area (Å²) < 4.78 is 26.2. The third-order valence-electron chi connectivity index (χ3n) is 2.92. The Balaban J connectivity index is 2.44. The fourth-order valence-electron chi connectivity index (χ4n) is 1.93. The van der Waals surface area contributed by atoms with Gasteiger partial charge in [0.2, 0.25) is 0 Å². The van der Waals surface area contributed by atoms with Gasteiger partial charge in [0, 0.05) is 16.9 Å². The van der Waals surface area contributed by atoms with Gasteiger partial charge in [-0.2, -0.15) is 11.8 Å². The maximum Gasteiger partial charge on any atom is 0.132 e. The van der Waals surface area contributed by atoms with Crippen molar-refractivity contribution in [1.82, 2.24) is 0 Å². The van der Waals surface area contributed by atoms with Crippen LogP contribution in [0.5, 0.6) is 0 Å². The van der Waals surface area contributed by atoms with Gasteiger partial charge in [0.05, 0.1) is 0 Å². The van der Waals surface area contributed by atoms with Gasteiger partial charge < -0.3 is 5.11 Å². The highest BCUT2D eigenvalue weighted by Gasteiger charge is 2.42. The molecule has 1 saturated heterocycles. The Hall–Kier alpha value is -0.610. The zero-order valence-corrected chi connectivity index (χ0v) is 9.15. The van der Waals surface area contributed by atoms with E-state index in [2.05, 4.69) is 0 Å². The van der Waals surface area contributed by atoms with Crippen LogP contribution in [0, 0.1) is 11.6 Å². The van der Waals surface area contributed by atoms with E-state index >= 15 is 0 Å². The number of hydrogen-bond acceptors (Lipinski definition) is 2. The lowest BCUT2D eigenvalue weighted by Gasteiger charge is -2.27. The first-order chi connectivity index (χ1) is 7.04. The molecule has 2 rings (SSSR count). The third kappa shape index (κ3) is 1.76. The first-order valence-electron chi connectivity index (χ1n) is 4.83. The van der Waals surface area contributed by atoms with E-state index in [0.717, 1.165) is 11.8 Å². The minimum absolute atomic E-state index is 0.0579. The summed E-state index contributed by atoms with van der Waals surface area (Å²) in [4.78, 5) is 0. The molecule has 2 atom stereocenters. The van der Waals surface area contributed by atoms with Gasteiger partial charge in [0.25, 0.3) is 0 Å². The molecule has 1 aliphatic heterocycles. The summed E-state index contributed by atoms with van der Waals surface area (Å²) in [5.41, 5.74) is -0.941. The molecule has 0 radical (unpaired) electrons. The van der Waals surface area contributed by atoms with Gasteiger partial charge >= 0.3 is 0 Å². The summed E-state index contributed by atoms with van der Waals surface area (Å²) >= 11 is 1.60. The van der Waals surface area contributed by atoms with Crippen LogP contribution < -0.4 is 0 Å². The molecule has 2 unspecified atom stereocenters. The summed E-state index contributed by atoms with van der Waals surface area (Å²) in [6.07, 6.45) is 0.515. The van der Waals surface area contributed by atoms with E-state index in [4.69, 9.17) is 0 Å². The summed E-state index contributed by atoms with van der Waals surface area (Å²) in [6, 6.07) is 3.35. The Labute approximate surface area is 91.5 Å². The van der Waals surface area contributed by atoms with Crippen LogP contribution in [0.4, 0.5) is 8.78 Å². The van der Waals surface area contributed by atoms with Gasteiger partial charge in [-0.15, -0.1) is 0 Å². The van der Waals surface area contributed by atoms with E-state index in [1.54, 1.807) is 11.8 Å². The molecule has 1 nitrogen and oxygen atoms in total. The molecule has 0 aliphatic carbocycles. The van der Waals surface area contributed by atoms with Crippen molar-refractivity contribution in [2.45, 2.75) is 24.2 Å². The van der Waals surface area contributed by atoms with Crippen LogP contribution in [-0.4, -0.2) is 16.1 Å². The molecule has 0 amide bonds. The van der Waals surface area contributed by atoms with E-state index in [1.165, 1.54) is 12.1 Å². The first-order valence-corrected chi connectivity index (χ1v) is 5.88. The van der Waals surface area contributed by atoms with Crippen molar-refractivity contribution < 1.29 is 13.9 Å². The Kier molecular flexibility index (Phi) is 2.73. The predicted octanol–water partition coefficient (Wildman–Crippen LogP) is 2.68. The highest BCUT2D eigenvalue weighted by atomic mass is 32.2. The molecule has 1 aromatic rings. The molecular weight excluding hydrogens is 218 g/mol. The highest BCUT2D eigenvalue weighted by Crippen LogP contribution is 2.43. The average Bonchev–Trinajstić information content (AvgIpc) is 2.47. The molecule has 0 bridgehead atoms. The van der Waals surface area contributed by atoms with Gasteiger partial charge in [0.15, 0.2) is 0 Å². The molecule has 15 heavy (non-hydrogen) atoms. The minimum atomic E-state index is -1.15. The van der Waals surface area contributed by atoms with Crippen LogP contribution in [0.3, 0.4) is 0 Å². The lowest BCUT2D eigenvalue weighted by atomic mass is 9.88. The summed E-state index contributed by atoms with van der Waals surface area (Å²) in [5.74, 6) is -0.473. The molecule has 1 fully saturated rings. The Morgan fingerprint density at radius 3 is 2.73 bits per heavy atom. The fourth-order valence-corrected chi connectivity index (χ4v) is 3.23. The van der Waals surface area contributed by atoms with Crippen LogP contribution in [0.2, 0.25) is 0 Å². The molecule has 0 saturated carbocycles. The lowest BCUT2D eigenvalue weighted by Crippen LogP contribution is -2.32. The molecule has 1 aromatic carbocycles. The summed E-state index contributed by atoms with van der Waals surface area (Å²) in [5, 5.41) is 10.3. The number of aliphatic hydroxyl groups is 1. The second-order valence-electron chi connectivity index (χ2n) is 3.81. The smallest absolute Gasteiger partial charge is 0.132 e. The van der Waals surface area contributed by atoms with E-state index in [9.17, 15) is 13.9 Å². The van der Waals surface area contributed by atoms with Crippen molar-refractivity contribution >= 4 is 11.8 Å². The Morgan fingerprint density at radius 1 is 1.47 bits per heavy atom. The van der Waals surface area contributed by atoms with Crippen LogP contribution in [0.1, 0.15) is 18.9 Å². The summed E-state index contributed by atoms with van der Waals surface area (Å²) in [7, 11) is 0. The van der Waals surface area contributed by atoms with Gasteiger partial charge in [0.1, 0.15) is 17.2 Å². The van der Waals surface area contributed by atoms with Crippen LogP contribution in [-0.2, 0) is 5.60 Å². The van der Waals surface area contributed by atoms with Gasteiger partial charge in [-0.3, -0.25) is 0 Å². The molecule has 82 valence electrons. The molecule has 0 aromatic heterocycles. The van der Waals surface area contributed by atoms with Gasteiger partial charge in [-0.05, 0) is 18.2 Å². The molecular formula is C11H12F2OS. The standard InChI is InChI=1S/C11H12F2OS/c1-7-11(14,4-5-15-7)9-3-2-8(12)6-10(9)13/h2-3,6-7,14H,4-5H2,1H3. The average molecular weight is 230 g/mol. The lowest BCUT2D eigenvalue weighted by molar-refractivity contribution is 0.0389. The maximum absolute atomic E-state index is 13.5. The van der Waals surface area contributed by atoms with Crippen molar-refractivity contribution in [2.75, 3.05) is 5.75 Å². The van der Waals surface area contributed by atoms with Gasteiger partial charge in [-0.25, -0.2) is 8.78 Å². The molecule has 1 heterocycles. The molecule has 4 heteroatoms. The Bertz CT molecular complexity index is 383. The zero-order chi connectivity index (χ0) is 11.1. The van der Waals surface area contributed by atoms with Crippen molar-refractivity contribution in [3.63, 3.8) is 0 Å². The largest absolute Gasteiger partial charge is 0.384 e. The number of halogens is 2. The Morgan fingerprint density at radius 2 is 2.20 bits per heavy atom. The first kappa shape index (κ1) is 10.9. The normalized spacial score (nSPS) is 30.8. The number of benzene rings is 1. The van der Waals surface area contributed by atoms with Crippen molar-refractivity contribution in [3.8, 4) is 0 Å². The van der Waals surface area contributed by atoms with E-state index in [0.29, 0.717) is 6.42 Å². The number of rotatable bonds is 1. The second-order valence-corrected chi connectivity index (χ2v) is 5.26. The SMILES string of the molecule is CC1SCCC1(O)c1ccc(F)cc1F. The van der Waals surface area contributed by atoms with Crippen LogP contribution in [0.25, 0.3) is 0 Å². The van der Waals surface area contributed by atoms with Crippen LogP contribution >= 0.6 is 11.8 Å². The fraction of sp³-hybridized carbons (Fsp3) is 0.455. The number of hydrogen-bond donors (Lipinski definition) is 1. The second kappa shape index (κ2) is 3.76. The monoisotopic (exact) mass is 230 g/mol. The van der Waals surface area contributed by atoms with Crippen molar-refractivity contribution in [1.29, 1.82) is 0 Å².